The highest BCUT2D eigenvalue weighted by atomic mass is 15.2. The Morgan fingerprint density at radius 2 is 1.87 bits per heavy atom. The summed E-state index contributed by atoms with van der Waals surface area (Å²) in [5.41, 5.74) is 0. The number of likely N-dealkylation sites (tertiary alicyclic amines) is 1. The van der Waals surface area contributed by atoms with E-state index in [1.165, 1.54) is 51.9 Å². The predicted molar refractivity (Wildman–Crippen MR) is 65.0 cm³/mol. The molecular formula is C13H26N2. The third-order valence-electron chi connectivity index (χ3n) is 4.30. The molecule has 0 aromatic carbocycles. The molecule has 0 bridgehead atoms. The Hall–Kier alpha value is -0.0800. The van der Waals surface area contributed by atoms with Gasteiger partial charge in [-0.3, -0.25) is 4.90 Å². The molecule has 2 fully saturated rings. The molecule has 2 aliphatic rings. The van der Waals surface area contributed by atoms with Crippen LogP contribution >= 0.6 is 0 Å². The van der Waals surface area contributed by atoms with E-state index in [0.29, 0.717) is 0 Å². The fourth-order valence-electron chi connectivity index (χ4n) is 3.27. The van der Waals surface area contributed by atoms with E-state index in [0.717, 1.165) is 17.9 Å². The topological polar surface area (TPSA) is 15.3 Å². The average Bonchev–Trinajstić information content (AvgIpc) is 2.79. The summed E-state index contributed by atoms with van der Waals surface area (Å²) in [5.74, 6) is 1.92. The normalized spacial score (nSPS) is 33.2. The molecule has 0 spiro atoms. The minimum Gasteiger partial charge on any atom is -0.316 e. The van der Waals surface area contributed by atoms with E-state index in [4.69, 9.17) is 0 Å². The molecule has 0 saturated carbocycles. The minimum atomic E-state index is 0.871. The van der Waals surface area contributed by atoms with Crippen LogP contribution in [0.15, 0.2) is 0 Å². The summed E-state index contributed by atoms with van der Waals surface area (Å²) in [6, 6.07) is 0.871. The first kappa shape index (κ1) is 11.4. The van der Waals surface area contributed by atoms with Crippen molar-refractivity contribution in [1.82, 2.24) is 10.2 Å². The first-order valence-corrected chi connectivity index (χ1v) is 6.79. The molecule has 3 atom stereocenters. The van der Waals surface area contributed by atoms with Crippen molar-refractivity contribution < 1.29 is 0 Å². The van der Waals surface area contributed by atoms with E-state index in [9.17, 15) is 0 Å². The molecule has 3 unspecified atom stereocenters. The Morgan fingerprint density at radius 3 is 2.40 bits per heavy atom. The molecule has 0 aliphatic carbocycles. The van der Waals surface area contributed by atoms with E-state index < -0.39 is 0 Å². The van der Waals surface area contributed by atoms with Crippen molar-refractivity contribution in [3.8, 4) is 0 Å². The lowest BCUT2D eigenvalue weighted by Gasteiger charge is -2.27. The van der Waals surface area contributed by atoms with Crippen LogP contribution in [0.2, 0.25) is 0 Å². The largest absolute Gasteiger partial charge is 0.316 e. The minimum absolute atomic E-state index is 0.871. The van der Waals surface area contributed by atoms with Crippen molar-refractivity contribution in [3.05, 3.63) is 0 Å². The standard InChI is InChI=1S/C13H26N2/c1-3-5-6-13(4-2)15-9-11-7-14-8-12(11)10-15/h11-14H,3-10H2,1-2H3. The first-order chi connectivity index (χ1) is 7.35. The predicted octanol–water partition coefficient (Wildman–Crippen LogP) is 2.11. The summed E-state index contributed by atoms with van der Waals surface area (Å²) in [5, 5.41) is 3.52. The smallest absolute Gasteiger partial charge is 0.00928 e. The van der Waals surface area contributed by atoms with Gasteiger partial charge in [-0.2, -0.15) is 0 Å². The molecule has 2 saturated heterocycles. The Morgan fingerprint density at radius 1 is 1.20 bits per heavy atom. The third-order valence-corrected chi connectivity index (χ3v) is 4.30. The summed E-state index contributed by atoms with van der Waals surface area (Å²) in [6.07, 6.45) is 5.51. The number of fused-ring (bicyclic) bond motifs is 1. The van der Waals surface area contributed by atoms with Crippen LogP contribution in [0.4, 0.5) is 0 Å². The van der Waals surface area contributed by atoms with Gasteiger partial charge >= 0.3 is 0 Å². The fraction of sp³-hybridized carbons (Fsp3) is 1.00. The molecular weight excluding hydrogens is 184 g/mol. The molecule has 2 nitrogen and oxygen atoms in total. The SMILES string of the molecule is CCCCC(CC)N1CC2CNCC2C1. The molecule has 15 heavy (non-hydrogen) atoms. The molecule has 2 rings (SSSR count). The van der Waals surface area contributed by atoms with Crippen molar-refractivity contribution in [1.29, 1.82) is 0 Å². The zero-order valence-corrected chi connectivity index (χ0v) is 10.3. The number of unbranched alkanes of at least 4 members (excludes halogenated alkanes) is 1. The maximum absolute atomic E-state index is 3.52. The van der Waals surface area contributed by atoms with Crippen LogP contribution in [-0.4, -0.2) is 37.1 Å². The zero-order chi connectivity index (χ0) is 10.7. The Balaban J connectivity index is 1.82. The van der Waals surface area contributed by atoms with Gasteiger partial charge in [-0.1, -0.05) is 26.7 Å². The van der Waals surface area contributed by atoms with E-state index in [2.05, 4.69) is 24.1 Å². The van der Waals surface area contributed by atoms with E-state index in [1.54, 1.807) is 0 Å². The summed E-state index contributed by atoms with van der Waals surface area (Å²) in [4.78, 5) is 2.77. The van der Waals surface area contributed by atoms with Crippen LogP contribution in [-0.2, 0) is 0 Å². The summed E-state index contributed by atoms with van der Waals surface area (Å²) in [6.45, 7) is 9.92. The van der Waals surface area contributed by atoms with Gasteiger partial charge in [-0.25, -0.2) is 0 Å². The van der Waals surface area contributed by atoms with Crippen molar-refractivity contribution in [2.45, 2.75) is 45.6 Å². The lowest BCUT2D eigenvalue weighted by Crippen LogP contribution is -2.35. The molecule has 88 valence electrons. The fourth-order valence-corrected chi connectivity index (χ4v) is 3.27. The van der Waals surface area contributed by atoms with Crippen LogP contribution < -0.4 is 5.32 Å². The maximum atomic E-state index is 3.52. The number of hydrogen-bond acceptors (Lipinski definition) is 2. The van der Waals surface area contributed by atoms with Gasteiger partial charge in [0, 0.05) is 19.1 Å². The van der Waals surface area contributed by atoms with E-state index >= 15 is 0 Å². The van der Waals surface area contributed by atoms with Crippen molar-refractivity contribution in [3.63, 3.8) is 0 Å². The summed E-state index contributed by atoms with van der Waals surface area (Å²) < 4.78 is 0. The number of nitrogens with one attached hydrogen (secondary N) is 1. The van der Waals surface area contributed by atoms with Gasteiger partial charge < -0.3 is 5.32 Å². The Labute approximate surface area is 94.4 Å². The van der Waals surface area contributed by atoms with Gasteiger partial charge in [0.2, 0.25) is 0 Å². The molecule has 0 radical (unpaired) electrons. The van der Waals surface area contributed by atoms with Gasteiger partial charge in [-0.15, -0.1) is 0 Å². The van der Waals surface area contributed by atoms with Crippen molar-refractivity contribution in [2.75, 3.05) is 26.2 Å². The Kier molecular flexibility index (Phi) is 4.04. The lowest BCUT2D eigenvalue weighted by atomic mass is 10.0. The highest BCUT2D eigenvalue weighted by molar-refractivity contribution is 4.93. The monoisotopic (exact) mass is 210 g/mol. The highest BCUT2D eigenvalue weighted by Crippen LogP contribution is 2.29. The van der Waals surface area contributed by atoms with E-state index in [1.807, 2.05) is 0 Å². The molecule has 2 heteroatoms. The molecule has 0 amide bonds. The molecule has 2 heterocycles. The quantitative estimate of drug-likeness (QED) is 0.747. The van der Waals surface area contributed by atoms with Gasteiger partial charge in [-0.05, 0) is 37.8 Å². The van der Waals surface area contributed by atoms with Crippen molar-refractivity contribution in [2.24, 2.45) is 11.8 Å². The lowest BCUT2D eigenvalue weighted by molar-refractivity contribution is 0.206. The third kappa shape index (κ3) is 2.54. The van der Waals surface area contributed by atoms with Crippen LogP contribution in [0, 0.1) is 11.8 Å². The first-order valence-electron chi connectivity index (χ1n) is 6.79. The number of nitrogens with zero attached hydrogens (tertiary/aromatic N) is 1. The van der Waals surface area contributed by atoms with Crippen LogP contribution in [0.5, 0.6) is 0 Å². The molecule has 0 aromatic rings. The van der Waals surface area contributed by atoms with Gasteiger partial charge in [0.15, 0.2) is 0 Å². The zero-order valence-electron chi connectivity index (χ0n) is 10.3. The second-order valence-electron chi connectivity index (χ2n) is 5.34. The molecule has 0 aromatic heterocycles. The van der Waals surface area contributed by atoms with E-state index in [-0.39, 0.29) is 0 Å². The van der Waals surface area contributed by atoms with Crippen LogP contribution in [0.25, 0.3) is 0 Å². The number of hydrogen-bond donors (Lipinski definition) is 1. The second-order valence-corrected chi connectivity index (χ2v) is 5.34. The van der Waals surface area contributed by atoms with Crippen LogP contribution in [0.1, 0.15) is 39.5 Å². The number of rotatable bonds is 5. The van der Waals surface area contributed by atoms with Crippen molar-refractivity contribution >= 4 is 0 Å². The van der Waals surface area contributed by atoms with Crippen LogP contribution in [0.3, 0.4) is 0 Å². The van der Waals surface area contributed by atoms with Gasteiger partial charge in [0.05, 0.1) is 0 Å². The second kappa shape index (κ2) is 5.31. The molecule has 2 aliphatic heterocycles. The molecule has 1 N–H and O–H groups in total. The van der Waals surface area contributed by atoms with Gasteiger partial charge in [0.1, 0.15) is 0 Å². The highest BCUT2D eigenvalue weighted by Gasteiger charge is 2.37. The maximum Gasteiger partial charge on any atom is 0.00928 e. The summed E-state index contributed by atoms with van der Waals surface area (Å²) >= 11 is 0. The Bertz CT molecular complexity index is 181. The average molecular weight is 210 g/mol. The van der Waals surface area contributed by atoms with Gasteiger partial charge in [0.25, 0.3) is 0 Å². The summed E-state index contributed by atoms with van der Waals surface area (Å²) in [7, 11) is 0.